The van der Waals surface area contributed by atoms with Gasteiger partial charge in [-0.3, -0.25) is 10.1 Å². The third kappa shape index (κ3) is 6.13. The predicted molar refractivity (Wildman–Crippen MR) is 170 cm³/mol. The van der Waals surface area contributed by atoms with Gasteiger partial charge in [0.2, 0.25) is 0 Å². The number of thiophene rings is 1. The van der Waals surface area contributed by atoms with Crippen LogP contribution in [-0.2, 0) is 5.41 Å². The highest BCUT2D eigenvalue weighted by Gasteiger charge is 2.48. The number of hydrogen-bond acceptors (Lipinski definition) is 5. The van der Waals surface area contributed by atoms with Crippen LogP contribution in [0.2, 0.25) is 5.02 Å². The Morgan fingerprint density at radius 2 is 1.59 bits per heavy atom. The van der Waals surface area contributed by atoms with Crippen molar-refractivity contribution in [3.05, 3.63) is 93.8 Å². The molecule has 5 nitrogen and oxygen atoms in total. The second-order valence-corrected chi connectivity index (χ2v) is 13.2. The van der Waals surface area contributed by atoms with Crippen LogP contribution in [0, 0.1) is 0 Å². The van der Waals surface area contributed by atoms with Crippen LogP contribution in [0.15, 0.2) is 72.8 Å². The third-order valence-corrected chi connectivity index (χ3v) is 10.7. The minimum Gasteiger partial charge on any atom is -0.377 e. The Bertz CT molecular complexity index is 1590. The van der Waals surface area contributed by atoms with E-state index in [0.717, 1.165) is 77.7 Å². The topological polar surface area (TPSA) is 64.6 Å². The van der Waals surface area contributed by atoms with E-state index in [0.29, 0.717) is 16.3 Å². The molecule has 232 valence electrons. The van der Waals surface area contributed by atoms with Crippen molar-refractivity contribution in [1.29, 1.82) is 0 Å². The van der Waals surface area contributed by atoms with Gasteiger partial charge in [-0.1, -0.05) is 84.8 Å². The number of carbonyl (C=O) groups is 1. The number of carbonyl (C=O) groups excluding carboxylic acids is 1. The lowest BCUT2D eigenvalue weighted by Gasteiger charge is -2.38. The lowest BCUT2D eigenvalue weighted by molar-refractivity contribution is -0.133. The third-order valence-electron chi connectivity index (χ3n) is 9.03. The first-order valence-electron chi connectivity index (χ1n) is 15.1. The summed E-state index contributed by atoms with van der Waals surface area (Å²) in [7, 11) is 0. The van der Waals surface area contributed by atoms with Crippen molar-refractivity contribution in [3.63, 3.8) is 0 Å². The van der Waals surface area contributed by atoms with Crippen LogP contribution in [0.25, 0.3) is 21.2 Å². The number of aliphatic hydroxyl groups is 1. The van der Waals surface area contributed by atoms with E-state index in [-0.39, 0.29) is 11.9 Å². The van der Waals surface area contributed by atoms with Crippen molar-refractivity contribution < 1.29 is 23.1 Å². The Morgan fingerprint density at radius 3 is 2.23 bits per heavy atom. The summed E-state index contributed by atoms with van der Waals surface area (Å²) in [5, 5.41) is 18.3. The number of likely N-dealkylation sites (tertiary alicyclic amines) is 1. The molecule has 4 aromatic rings. The molecule has 1 aliphatic heterocycles. The minimum atomic E-state index is -4.43. The summed E-state index contributed by atoms with van der Waals surface area (Å²) in [5.41, 5.74) is 2.65. The van der Waals surface area contributed by atoms with Crippen molar-refractivity contribution in [3.8, 4) is 11.1 Å². The second-order valence-electron chi connectivity index (χ2n) is 11.7. The van der Waals surface area contributed by atoms with E-state index in [1.165, 1.54) is 11.3 Å². The number of alkyl halides is 3. The Balaban J connectivity index is 1.06. The van der Waals surface area contributed by atoms with Gasteiger partial charge < -0.3 is 15.3 Å². The largest absolute Gasteiger partial charge is 0.401 e. The van der Waals surface area contributed by atoms with E-state index in [1.54, 1.807) is 0 Å². The standard InChI is InChI=1S/C34H35ClF3N3O2S/c35-29-25-11-3-6-14-28(25)44-30(29)31(42)40-22-15-19-41(20-16-22)18-8-7-17-33(32(43)39-21-34(36,37)38)26-12-4-1-9-23(26)24-10-2-5-13-27(24)33/h1-6,9-14,22,32,39,43H,7-8,15-21H2,(H,40,42). The first-order valence-corrected chi connectivity index (χ1v) is 16.2. The summed E-state index contributed by atoms with van der Waals surface area (Å²) in [4.78, 5) is 15.9. The number of hydrogen-bond donors (Lipinski definition) is 3. The monoisotopic (exact) mass is 641 g/mol. The Kier molecular flexibility index (Phi) is 9.04. The highest BCUT2D eigenvalue weighted by molar-refractivity contribution is 7.21. The molecule has 0 spiro atoms. The molecule has 1 fully saturated rings. The van der Waals surface area contributed by atoms with Crippen LogP contribution in [-0.4, -0.2) is 60.5 Å². The Labute approximate surface area is 264 Å². The number of aliphatic hydroxyl groups excluding tert-OH is 1. The molecule has 1 atom stereocenters. The maximum atomic E-state index is 13.2. The van der Waals surface area contributed by atoms with Crippen LogP contribution in [0.5, 0.6) is 0 Å². The minimum absolute atomic E-state index is 0.0737. The van der Waals surface area contributed by atoms with Gasteiger partial charge in [0.15, 0.2) is 0 Å². The molecule has 2 aliphatic rings. The van der Waals surface area contributed by atoms with Gasteiger partial charge in [0.1, 0.15) is 11.1 Å². The number of fused-ring (bicyclic) bond motifs is 4. The second kappa shape index (κ2) is 12.8. The van der Waals surface area contributed by atoms with Crippen molar-refractivity contribution in [2.24, 2.45) is 0 Å². The molecule has 3 N–H and O–H groups in total. The molecule has 10 heteroatoms. The molecule has 1 amide bonds. The van der Waals surface area contributed by atoms with Crippen LogP contribution in [0.3, 0.4) is 0 Å². The smallest absolute Gasteiger partial charge is 0.377 e. The predicted octanol–water partition coefficient (Wildman–Crippen LogP) is 7.36. The summed E-state index contributed by atoms with van der Waals surface area (Å²) in [6.45, 7) is 1.27. The number of piperidine rings is 1. The van der Waals surface area contributed by atoms with E-state index in [4.69, 9.17) is 11.6 Å². The number of unbranched alkanes of at least 4 members (excludes halogenated alkanes) is 1. The van der Waals surface area contributed by atoms with Crippen molar-refractivity contribution in [2.75, 3.05) is 26.2 Å². The lowest BCUT2D eigenvalue weighted by atomic mass is 9.72. The molecular weight excluding hydrogens is 607 g/mol. The summed E-state index contributed by atoms with van der Waals surface area (Å²) in [5.74, 6) is -0.130. The zero-order chi connectivity index (χ0) is 30.9. The summed E-state index contributed by atoms with van der Waals surface area (Å²) in [6, 6.07) is 23.2. The maximum absolute atomic E-state index is 13.2. The summed E-state index contributed by atoms with van der Waals surface area (Å²) in [6.07, 6.45) is -2.09. The van der Waals surface area contributed by atoms with Gasteiger partial charge in [-0.2, -0.15) is 13.2 Å². The number of nitrogens with zero attached hydrogens (tertiary/aromatic N) is 1. The lowest BCUT2D eigenvalue weighted by Crippen LogP contribution is -2.51. The van der Waals surface area contributed by atoms with Gasteiger partial charge in [-0.15, -0.1) is 11.3 Å². The number of rotatable bonds is 10. The van der Waals surface area contributed by atoms with E-state index in [1.807, 2.05) is 72.8 Å². The molecule has 6 rings (SSSR count). The van der Waals surface area contributed by atoms with Crippen molar-refractivity contribution >= 4 is 38.9 Å². The molecular formula is C34H35ClF3N3O2S. The average Bonchev–Trinajstić information content (AvgIpc) is 3.51. The van der Waals surface area contributed by atoms with Crippen LogP contribution in [0.4, 0.5) is 13.2 Å². The summed E-state index contributed by atoms with van der Waals surface area (Å²) >= 11 is 7.92. The molecule has 0 radical (unpaired) electrons. The fourth-order valence-electron chi connectivity index (χ4n) is 6.90. The highest BCUT2D eigenvalue weighted by Crippen LogP contribution is 2.53. The fraction of sp³-hybridized carbons (Fsp3) is 0.382. The molecule has 0 saturated carbocycles. The van der Waals surface area contributed by atoms with Crippen molar-refractivity contribution in [2.45, 2.75) is 56.0 Å². The Hall–Kier alpha value is -2.95. The molecule has 1 aromatic heterocycles. The maximum Gasteiger partial charge on any atom is 0.401 e. The van der Waals surface area contributed by atoms with Crippen LogP contribution >= 0.6 is 22.9 Å². The first kappa shape index (κ1) is 31.0. The number of benzene rings is 3. The molecule has 2 heterocycles. The summed E-state index contributed by atoms with van der Waals surface area (Å²) < 4.78 is 40.5. The zero-order valence-electron chi connectivity index (χ0n) is 24.2. The number of amides is 1. The molecule has 44 heavy (non-hydrogen) atoms. The SMILES string of the molecule is O=C(NC1CCN(CCCCC2(C(O)NCC(F)(F)F)c3ccccc3-c3ccccc32)CC1)c1sc2ccccc2c1Cl. The first-order chi connectivity index (χ1) is 21.2. The number of nitrogens with one attached hydrogen (secondary N) is 2. The van der Waals surface area contributed by atoms with Gasteiger partial charge in [-0.05, 0) is 60.5 Å². The molecule has 1 unspecified atom stereocenters. The van der Waals surface area contributed by atoms with Crippen molar-refractivity contribution in [1.82, 2.24) is 15.5 Å². The van der Waals surface area contributed by atoms with E-state index < -0.39 is 24.4 Å². The van der Waals surface area contributed by atoms with E-state index in [2.05, 4.69) is 15.5 Å². The Morgan fingerprint density at radius 1 is 0.977 bits per heavy atom. The molecule has 3 aromatic carbocycles. The van der Waals surface area contributed by atoms with Gasteiger partial charge in [0, 0.05) is 29.2 Å². The molecule has 1 saturated heterocycles. The van der Waals surface area contributed by atoms with E-state index >= 15 is 0 Å². The van der Waals surface area contributed by atoms with Gasteiger partial charge in [0.25, 0.3) is 5.91 Å². The fourth-order valence-corrected chi connectivity index (χ4v) is 8.32. The molecule has 1 aliphatic carbocycles. The normalized spacial score (nSPS) is 17.4. The van der Waals surface area contributed by atoms with Gasteiger partial charge in [0.05, 0.1) is 17.0 Å². The average molecular weight is 642 g/mol. The van der Waals surface area contributed by atoms with Crippen LogP contribution < -0.4 is 10.6 Å². The van der Waals surface area contributed by atoms with Gasteiger partial charge in [-0.25, -0.2) is 0 Å². The van der Waals surface area contributed by atoms with Gasteiger partial charge >= 0.3 is 6.18 Å². The van der Waals surface area contributed by atoms with E-state index in [9.17, 15) is 23.1 Å². The highest BCUT2D eigenvalue weighted by atomic mass is 35.5. The van der Waals surface area contributed by atoms with Crippen LogP contribution in [0.1, 0.15) is 52.9 Å². The quantitative estimate of drug-likeness (QED) is 0.125. The molecule has 0 bridgehead atoms. The number of halogens is 4. The zero-order valence-corrected chi connectivity index (χ0v) is 25.7.